The Morgan fingerprint density at radius 2 is 2.00 bits per heavy atom. The molecule has 1 atom stereocenters. The number of amides is 1. The molecular formula is C20H24N4O3. The van der Waals surface area contributed by atoms with Crippen molar-refractivity contribution in [2.45, 2.75) is 18.9 Å². The summed E-state index contributed by atoms with van der Waals surface area (Å²) in [6, 6.07) is 15.0. The molecule has 1 amide bonds. The molecule has 2 aromatic carbocycles. The van der Waals surface area contributed by atoms with Crippen molar-refractivity contribution in [2.24, 2.45) is 0 Å². The number of carbonyl (C=O) groups is 1. The Bertz CT molecular complexity index is 825. The summed E-state index contributed by atoms with van der Waals surface area (Å²) >= 11 is 0. The number of para-hydroxylation sites is 1. The van der Waals surface area contributed by atoms with Gasteiger partial charge in [0.2, 0.25) is 0 Å². The normalized spacial score (nSPS) is 16.7. The number of nitro benzene ring substituents is 1. The van der Waals surface area contributed by atoms with Gasteiger partial charge in [-0.1, -0.05) is 18.2 Å². The maximum atomic E-state index is 11.8. The summed E-state index contributed by atoms with van der Waals surface area (Å²) in [6.45, 7) is 1.78. The van der Waals surface area contributed by atoms with E-state index in [4.69, 9.17) is 0 Å². The Labute approximate surface area is 158 Å². The Balaban J connectivity index is 1.85. The van der Waals surface area contributed by atoms with Crippen LogP contribution in [0.25, 0.3) is 0 Å². The third-order valence-corrected chi connectivity index (χ3v) is 5.11. The van der Waals surface area contributed by atoms with Crippen LogP contribution < -0.4 is 15.1 Å². The van der Waals surface area contributed by atoms with E-state index in [1.165, 1.54) is 18.8 Å². The Morgan fingerprint density at radius 1 is 1.26 bits per heavy atom. The molecule has 1 N–H and O–H groups in total. The van der Waals surface area contributed by atoms with Gasteiger partial charge in [0.1, 0.15) is 5.69 Å². The zero-order valence-electron chi connectivity index (χ0n) is 15.6. The lowest BCUT2D eigenvalue weighted by atomic mass is 10.0. The van der Waals surface area contributed by atoms with Gasteiger partial charge >= 0.3 is 0 Å². The minimum Gasteiger partial charge on any atom is -0.369 e. The smallest absolute Gasteiger partial charge is 0.293 e. The van der Waals surface area contributed by atoms with Crippen LogP contribution in [0.4, 0.5) is 17.1 Å². The van der Waals surface area contributed by atoms with Crippen LogP contribution in [0.3, 0.4) is 0 Å². The molecule has 2 aromatic rings. The van der Waals surface area contributed by atoms with Crippen LogP contribution in [-0.4, -0.2) is 44.1 Å². The molecule has 0 aromatic heterocycles. The summed E-state index contributed by atoms with van der Waals surface area (Å²) in [4.78, 5) is 27.3. The van der Waals surface area contributed by atoms with Crippen molar-refractivity contribution in [3.63, 3.8) is 0 Å². The van der Waals surface area contributed by atoms with Crippen LogP contribution in [0.1, 0.15) is 23.2 Å². The molecule has 7 nitrogen and oxygen atoms in total. The van der Waals surface area contributed by atoms with Crippen LogP contribution in [0.5, 0.6) is 0 Å². The molecule has 7 heteroatoms. The number of nitro groups is 1. The number of piperidine rings is 1. The molecule has 1 aliphatic heterocycles. The molecule has 142 valence electrons. The van der Waals surface area contributed by atoms with Gasteiger partial charge in [0.05, 0.1) is 4.92 Å². The second-order valence-electron chi connectivity index (χ2n) is 6.73. The van der Waals surface area contributed by atoms with Gasteiger partial charge in [0.25, 0.3) is 11.6 Å². The van der Waals surface area contributed by atoms with Gasteiger partial charge in [-0.25, -0.2) is 0 Å². The lowest BCUT2D eigenvalue weighted by Gasteiger charge is -2.39. The van der Waals surface area contributed by atoms with Crippen molar-refractivity contribution in [1.29, 1.82) is 0 Å². The lowest BCUT2D eigenvalue weighted by Crippen LogP contribution is -2.47. The number of anilines is 2. The maximum absolute atomic E-state index is 11.8. The SMILES string of the molecule is CNC(=O)c1ccc(N(C)C2CCCN(c3ccccc3)C2)c([N+](=O)[O-])c1. The zero-order chi connectivity index (χ0) is 19.4. The molecule has 1 heterocycles. The van der Waals surface area contributed by atoms with Gasteiger partial charge in [0, 0.05) is 50.5 Å². The van der Waals surface area contributed by atoms with E-state index in [1.54, 1.807) is 12.1 Å². The van der Waals surface area contributed by atoms with Gasteiger partial charge in [0.15, 0.2) is 0 Å². The first kappa shape index (κ1) is 18.7. The Morgan fingerprint density at radius 3 is 2.67 bits per heavy atom. The number of nitrogens with one attached hydrogen (secondary N) is 1. The highest BCUT2D eigenvalue weighted by molar-refractivity contribution is 5.95. The molecule has 1 saturated heterocycles. The first-order chi connectivity index (χ1) is 13.0. The van der Waals surface area contributed by atoms with E-state index in [9.17, 15) is 14.9 Å². The van der Waals surface area contributed by atoms with Gasteiger partial charge in [-0.2, -0.15) is 0 Å². The number of likely N-dealkylation sites (N-methyl/N-ethyl adjacent to an activating group) is 1. The molecule has 0 radical (unpaired) electrons. The second kappa shape index (κ2) is 8.07. The molecule has 0 bridgehead atoms. The van der Waals surface area contributed by atoms with E-state index in [-0.39, 0.29) is 23.2 Å². The van der Waals surface area contributed by atoms with Crippen molar-refractivity contribution in [2.75, 3.05) is 37.0 Å². The van der Waals surface area contributed by atoms with E-state index in [0.717, 1.165) is 25.9 Å². The molecule has 1 aliphatic rings. The molecule has 0 spiro atoms. The van der Waals surface area contributed by atoms with Crippen molar-refractivity contribution >= 4 is 23.0 Å². The fourth-order valence-electron chi connectivity index (χ4n) is 3.59. The number of rotatable bonds is 5. The highest BCUT2D eigenvalue weighted by atomic mass is 16.6. The largest absolute Gasteiger partial charge is 0.369 e. The van der Waals surface area contributed by atoms with Gasteiger partial charge < -0.3 is 15.1 Å². The number of nitrogens with zero attached hydrogens (tertiary/aromatic N) is 3. The van der Waals surface area contributed by atoms with Crippen LogP contribution in [-0.2, 0) is 0 Å². The van der Waals surface area contributed by atoms with Crippen molar-refractivity contribution in [3.05, 3.63) is 64.2 Å². The monoisotopic (exact) mass is 368 g/mol. The van der Waals surface area contributed by atoms with Crippen molar-refractivity contribution in [3.8, 4) is 0 Å². The summed E-state index contributed by atoms with van der Waals surface area (Å²) < 4.78 is 0. The fraction of sp³-hybridized carbons (Fsp3) is 0.350. The standard InChI is InChI=1S/C20H24N4O3/c1-21-20(25)15-10-11-18(19(13-15)24(26)27)22(2)17-9-6-12-23(14-17)16-7-4-3-5-8-16/h3-5,7-8,10-11,13,17H,6,9,12,14H2,1-2H3,(H,21,25). The maximum Gasteiger partial charge on any atom is 0.293 e. The Kier molecular flexibility index (Phi) is 5.59. The number of hydrogen-bond donors (Lipinski definition) is 1. The van der Waals surface area contributed by atoms with E-state index >= 15 is 0 Å². The second-order valence-corrected chi connectivity index (χ2v) is 6.73. The average Bonchev–Trinajstić information content (AvgIpc) is 2.72. The summed E-state index contributed by atoms with van der Waals surface area (Å²) in [5, 5.41) is 14.1. The van der Waals surface area contributed by atoms with Gasteiger partial charge in [-0.15, -0.1) is 0 Å². The molecule has 0 saturated carbocycles. The highest BCUT2D eigenvalue weighted by Crippen LogP contribution is 2.32. The molecule has 1 fully saturated rings. The van der Waals surface area contributed by atoms with Crippen LogP contribution in [0.2, 0.25) is 0 Å². The predicted molar refractivity (Wildman–Crippen MR) is 107 cm³/mol. The summed E-state index contributed by atoms with van der Waals surface area (Å²) in [7, 11) is 3.40. The minimum atomic E-state index is -0.421. The third-order valence-electron chi connectivity index (χ3n) is 5.11. The van der Waals surface area contributed by atoms with E-state index < -0.39 is 4.92 Å². The number of carbonyl (C=O) groups excluding carboxylic acids is 1. The van der Waals surface area contributed by atoms with Gasteiger partial charge in [-0.3, -0.25) is 14.9 Å². The van der Waals surface area contributed by atoms with E-state index in [2.05, 4.69) is 22.3 Å². The first-order valence-electron chi connectivity index (χ1n) is 9.04. The van der Waals surface area contributed by atoms with Crippen LogP contribution in [0.15, 0.2) is 48.5 Å². The Hall–Kier alpha value is -3.09. The molecule has 0 aliphatic carbocycles. The van der Waals surface area contributed by atoms with Crippen LogP contribution >= 0.6 is 0 Å². The lowest BCUT2D eigenvalue weighted by molar-refractivity contribution is -0.384. The van der Waals surface area contributed by atoms with Crippen molar-refractivity contribution in [1.82, 2.24) is 5.32 Å². The summed E-state index contributed by atoms with van der Waals surface area (Å²) in [5.41, 5.74) is 1.94. The zero-order valence-corrected chi connectivity index (χ0v) is 15.6. The molecule has 3 rings (SSSR count). The number of benzene rings is 2. The van der Waals surface area contributed by atoms with Crippen LogP contribution in [0, 0.1) is 10.1 Å². The molecular weight excluding hydrogens is 344 g/mol. The average molecular weight is 368 g/mol. The quantitative estimate of drug-likeness (QED) is 0.648. The van der Waals surface area contributed by atoms with E-state index in [0.29, 0.717) is 5.69 Å². The molecule has 27 heavy (non-hydrogen) atoms. The molecule has 1 unspecified atom stereocenters. The van der Waals surface area contributed by atoms with Crippen molar-refractivity contribution < 1.29 is 9.72 Å². The highest BCUT2D eigenvalue weighted by Gasteiger charge is 2.28. The summed E-state index contributed by atoms with van der Waals surface area (Å²) in [5.74, 6) is -0.333. The predicted octanol–water partition coefficient (Wildman–Crippen LogP) is 3.06. The van der Waals surface area contributed by atoms with Gasteiger partial charge in [-0.05, 0) is 37.1 Å². The third kappa shape index (κ3) is 4.02. The topological polar surface area (TPSA) is 78.7 Å². The minimum absolute atomic E-state index is 0.0459. The first-order valence-corrected chi connectivity index (χ1v) is 9.04. The van der Waals surface area contributed by atoms with E-state index in [1.807, 2.05) is 30.1 Å². The summed E-state index contributed by atoms with van der Waals surface area (Å²) in [6.07, 6.45) is 1.99. The number of hydrogen-bond acceptors (Lipinski definition) is 5. The fourth-order valence-corrected chi connectivity index (χ4v) is 3.59.